The second kappa shape index (κ2) is 14.6. The summed E-state index contributed by atoms with van der Waals surface area (Å²) in [7, 11) is -2.46. The van der Waals surface area contributed by atoms with Gasteiger partial charge in [0, 0.05) is 32.4 Å². The van der Waals surface area contributed by atoms with Crippen LogP contribution in [0.25, 0.3) is 0 Å². The first-order valence-electron chi connectivity index (χ1n) is 8.42. The molecule has 0 fully saturated rings. The van der Waals surface area contributed by atoms with Gasteiger partial charge in [0.05, 0.1) is 0 Å². The van der Waals surface area contributed by atoms with Gasteiger partial charge in [-0.25, -0.2) is 0 Å². The second-order valence-corrected chi connectivity index (χ2v) is 7.48. The maximum absolute atomic E-state index is 5.84. The number of hydrogen-bond acceptors (Lipinski definition) is 4. The molecule has 0 bridgehead atoms. The van der Waals surface area contributed by atoms with E-state index in [0.717, 1.165) is 25.6 Å². The Balaban J connectivity index is 0.00000232. The van der Waals surface area contributed by atoms with E-state index in [1.807, 2.05) is 26.8 Å². The molecule has 0 atom stereocenters. The molecule has 0 saturated carbocycles. The van der Waals surface area contributed by atoms with Gasteiger partial charge in [-0.15, -0.1) is 13.2 Å². The lowest BCUT2D eigenvalue weighted by Gasteiger charge is -2.28. The summed E-state index contributed by atoms with van der Waals surface area (Å²) in [6, 6.07) is 11.3. The average Bonchev–Trinajstić information content (AvgIpc) is 2.58. The van der Waals surface area contributed by atoms with Crippen LogP contribution in [0.2, 0.25) is 6.04 Å². The molecule has 0 amide bonds. The van der Waals surface area contributed by atoms with E-state index >= 15 is 0 Å². The van der Waals surface area contributed by atoms with Gasteiger partial charge >= 0.3 is 8.80 Å². The van der Waals surface area contributed by atoms with Crippen LogP contribution in [0.5, 0.6) is 0 Å². The van der Waals surface area contributed by atoms with Crippen molar-refractivity contribution < 1.29 is 13.3 Å². The average molecular weight is 340 g/mol. The quantitative estimate of drug-likeness (QED) is 0.355. The van der Waals surface area contributed by atoms with Crippen molar-refractivity contribution in [2.24, 2.45) is 0 Å². The smallest absolute Gasteiger partial charge is 0.374 e. The molecule has 0 unspecified atom stereocenters. The Bertz CT molecular complexity index is 359. The molecule has 0 radical (unpaired) electrons. The molecule has 1 aromatic carbocycles. The van der Waals surface area contributed by atoms with E-state index in [0.29, 0.717) is 19.8 Å². The maximum atomic E-state index is 5.84. The Morgan fingerprint density at radius 2 is 1.43 bits per heavy atom. The van der Waals surface area contributed by atoms with E-state index in [2.05, 4.69) is 42.7 Å². The summed E-state index contributed by atoms with van der Waals surface area (Å²) in [4.78, 5) is 0. The highest BCUT2D eigenvalue weighted by molar-refractivity contribution is 6.60. The van der Waals surface area contributed by atoms with Crippen molar-refractivity contribution in [1.29, 1.82) is 0 Å². The largest absolute Gasteiger partial charge is 0.500 e. The topological polar surface area (TPSA) is 39.7 Å². The van der Waals surface area contributed by atoms with Crippen molar-refractivity contribution in [3.63, 3.8) is 0 Å². The van der Waals surface area contributed by atoms with Gasteiger partial charge < -0.3 is 18.6 Å². The first-order valence-corrected chi connectivity index (χ1v) is 10.4. The van der Waals surface area contributed by atoms with Crippen LogP contribution in [-0.2, 0) is 19.8 Å². The zero-order valence-electron chi connectivity index (χ0n) is 15.0. The fraction of sp³-hybridized carbons (Fsp3) is 0.556. The molecule has 1 rings (SSSR count). The monoisotopic (exact) mass is 339 g/mol. The molecule has 1 N–H and O–H groups in total. The number of hydrogen-bond donors (Lipinski definition) is 1. The fourth-order valence-electron chi connectivity index (χ4n) is 2.26. The summed E-state index contributed by atoms with van der Waals surface area (Å²) in [5.74, 6) is 0. The summed E-state index contributed by atoms with van der Waals surface area (Å²) in [6.45, 7) is 15.7. The molecule has 0 aliphatic rings. The molecule has 0 aromatic heterocycles. The van der Waals surface area contributed by atoms with E-state index in [1.54, 1.807) is 0 Å². The second-order valence-electron chi connectivity index (χ2n) is 4.75. The van der Waals surface area contributed by atoms with Crippen molar-refractivity contribution in [2.75, 3.05) is 26.4 Å². The van der Waals surface area contributed by atoms with Crippen molar-refractivity contribution >= 4 is 8.80 Å². The molecule has 0 saturated heterocycles. The predicted octanol–water partition coefficient (Wildman–Crippen LogP) is 4.02. The van der Waals surface area contributed by atoms with Crippen LogP contribution in [0.4, 0.5) is 0 Å². The minimum absolute atomic E-state index is 0.643. The third-order valence-corrected chi connectivity index (χ3v) is 6.25. The molecular formula is C18H33NO3Si. The minimum Gasteiger partial charge on any atom is -0.374 e. The Morgan fingerprint density at radius 3 is 1.91 bits per heavy atom. The molecule has 132 valence electrons. The van der Waals surface area contributed by atoms with Gasteiger partial charge in [0.1, 0.15) is 0 Å². The van der Waals surface area contributed by atoms with E-state index in [4.69, 9.17) is 13.3 Å². The summed E-state index contributed by atoms with van der Waals surface area (Å²) in [5, 5.41) is 3.46. The van der Waals surface area contributed by atoms with Crippen molar-refractivity contribution in [3.8, 4) is 0 Å². The van der Waals surface area contributed by atoms with Gasteiger partial charge in [0.2, 0.25) is 0 Å². The van der Waals surface area contributed by atoms with Crippen LogP contribution in [0.15, 0.2) is 43.5 Å². The third-order valence-electron chi connectivity index (χ3n) is 3.10. The van der Waals surface area contributed by atoms with Crippen LogP contribution in [0, 0.1) is 0 Å². The Morgan fingerprint density at radius 1 is 0.913 bits per heavy atom. The zero-order valence-corrected chi connectivity index (χ0v) is 16.0. The normalized spacial score (nSPS) is 10.9. The van der Waals surface area contributed by atoms with Gasteiger partial charge in [-0.3, -0.25) is 0 Å². The van der Waals surface area contributed by atoms with Crippen LogP contribution in [0.1, 0.15) is 32.8 Å². The first-order chi connectivity index (χ1) is 11.3. The van der Waals surface area contributed by atoms with E-state index < -0.39 is 8.80 Å². The molecular weight excluding hydrogens is 306 g/mol. The van der Waals surface area contributed by atoms with Crippen LogP contribution < -0.4 is 5.32 Å². The molecule has 1 aromatic rings. The first kappa shape index (κ1) is 22.0. The lowest BCUT2D eigenvalue weighted by molar-refractivity contribution is 0.0708. The lowest BCUT2D eigenvalue weighted by Crippen LogP contribution is -2.46. The highest BCUT2D eigenvalue weighted by Gasteiger charge is 2.39. The molecule has 5 heteroatoms. The van der Waals surface area contributed by atoms with Gasteiger partial charge in [-0.2, -0.15) is 0 Å². The van der Waals surface area contributed by atoms with Gasteiger partial charge in [0.15, 0.2) is 0 Å². The van der Waals surface area contributed by atoms with Crippen molar-refractivity contribution in [2.45, 2.75) is 39.8 Å². The third kappa shape index (κ3) is 9.68. The lowest BCUT2D eigenvalue weighted by atomic mass is 10.2. The van der Waals surface area contributed by atoms with Crippen LogP contribution in [-0.4, -0.2) is 35.2 Å². The molecule has 23 heavy (non-hydrogen) atoms. The summed E-state index contributed by atoms with van der Waals surface area (Å²) in [5.41, 5.74) is 1.31. The Hall–Kier alpha value is -0.983. The molecule has 0 spiro atoms. The summed E-state index contributed by atoms with van der Waals surface area (Å²) >= 11 is 0. The molecule has 0 aliphatic heterocycles. The maximum Gasteiger partial charge on any atom is 0.500 e. The number of rotatable bonds is 12. The predicted molar refractivity (Wildman–Crippen MR) is 99.5 cm³/mol. The standard InChI is InChI=1S/C16H29NO3Si.C2H4/c1-4-18-21(19-5-2,20-6-3)14-10-13-17-15-16-11-8-7-9-12-16;1-2/h7-9,11-12,17H,4-6,10,13-15H2,1-3H3;1-2H2. The SMILES string of the molecule is C=C.CCO[Si](CCCNCc1ccccc1)(OCC)OCC. The van der Waals surface area contributed by atoms with Crippen LogP contribution in [0.3, 0.4) is 0 Å². The van der Waals surface area contributed by atoms with Crippen molar-refractivity contribution in [1.82, 2.24) is 5.32 Å². The van der Waals surface area contributed by atoms with E-state index in [1.165, 1.54) is 5.56 Å². The van der Waals surface area contributed by atoms with Crippen LogP contribution >= 0.6 is 0 Å². The fourth-order valence-corrected chi connectivity index (χ4v) is 4.87. The molecule has 0 heterocycles. The highest BCUT2D eigenvalue weighted by atomic mass is 28.4. The van der Waals surface area contributed by atoms with Gasteiger partial charge in [-0.1, -0.05) is 30.3 Å². The number of nitrogens with one attached hydrogen (secondary N) is 1. The van der Waals surface area contributed by atoms with Gasteiger partial charge in [0.25, 0.3) is 0 Å². The van der Waals surface area contributed by atoms with Crippen molar-refractivity contribution in [3.05, 3.63) is 49.1 Å². The van der Waals surface area contributed by atoms with E-state index in [-0.39, 0.29) is 0 Å². The van der Waals surface area contributed by atoms with E-state index in [9.17, 15) is 0 Å². The Kier molecular flexibility index (Phi) is 14.0. The molecule has 0 aliphatic carbocycles. The minimum atomic E-state index is -2.46. The Labute approximate surface area is 143 Å². The van der Waals surface area contributed by atoms with Gasteiger partial charge in [-0.05, 0) is 39.3 Å². The summed E-state index contributed by atoms with van der Waals surface area (Å²) < 4.78 is 17.5. The molecule has 4 nitrogen and oxygen atoms in total. The zero-order chi connectivity index (χ0) is 17.4. The number of benzene rings is 1. The highest BCUT2D eigenvalue weighted by Crippen LogP contribution is 2.17. The summed E-state index contributed by atoms with van der Waals surface area (Å²) in [6.07, 6.45) is 0.999.